The van der Waals surface area contributed by atoms with Gasteiger partial charge < -0.3 is 15.9 Å². The third kappa shape index (κ3) is 2.31. The fourth-order valence-corrected chi connectivity index (χ4v) is 2.69. The minimum atomic E-state index is -0.944. The Labute approximate surface area is 136 Å². The summed E-state index contributed by atoms with van der Waals surface area (Å²) in [5.41, 5.74) is 11.9. The standard InChI is InChI=1S/C18H16F2N2O2/c1-3-9-6-10(4-5-11(9)21)13-7-12(23)14-17(22)15(19)8(2)16(20)18(14)24-13/h4-7H,3,21-22H2,1-2H3. The molecular formula is C18H16F2N2O2. The van der Waals surface area contributed by atoms with Crippen molar-refractivity contribution in [2.24, 2.45) is 0 Å². The van der Waals surface area contributed by atoms with Gasteiger partial charge in [0.25, 0.3) is 0 Å². The third-order valence-corrected chi connectivity index (χ3v) is 4.12. The molecule has 4 nitrogen and oxygen atoms in total. The lowest BCUT2D eigenvalue weighted by atomic mass is 10.0. The normalized spacial score (nSPS) is 11.2. The molecule has 4 N–H and O–H groups in total. The van der Waals surface area contributed by atoms with Crippen LogP contribution in [0.25, 0.3) is 22.3 Å². The van der Waals surface area contributed by atoms with E-state index in [0.29, 0.717) is 17.7 Å². The van der Waals surface area contributed by atoms with Crippen LogP contribution >= 0.6 is 0 Å². The Bertz CT molecular complexity index is 1030. The molecule has 2 aromatic carbocycles. The number of nitrogens with two attached hydrogens (primary N) is 2. The number of anilines is 2. The van der Waals surface area contributed by atoms with Gasteiger partial charge in [-0.3, -0.25) is 4.79 Å². The number of halogens is 2. The van der Waals surface area contributed by atoms with E-state index in [9.17, 15) is 13.6 Å². The van der Waals surface area contributed by atoms with Crippen LogP contribution in [0.3, 0.4) is 0 Å². The highest BCUT2D eigenvalue weighted by atomic mass is 19.1. The van der Waals surface area contributed by atoms with Crippen molar-refractivity contribution in [2.45, 2.75) is 20.3 Å². The van der Waals surface area contributed by atoms with Gasteiger partial charge in [0.05, 0.1) is 11.1 Å². The topological polar surface area (TPSA) is 82.2 Å². The summed E-state index contributed by atoms with van der Waals surface area (Å²) in [6, 6.07) is 6.32. The predicted molar refractivity (Wildman–Crippen MR) is 90.8 cm³/mol. The minimum Gasteiger partial charge on any atom is -0.453 e. The molecule has 3 rings (SSSR count). The van der Waals surface area contributed by atoms with Crippen LogP contribution in [0.4, 0.5) is 20.2 Å². The van der Waals surface area contributed by atoms with Crippen molar-refractivity contribution in [1.82, 2.24) is 0 Å². The van der Waals surface area contributed by atoms with Gasteiger partial charge in [-0.05, 0) is 37.1 Å². The quantitative estimate of drug-likeness (QED) is 0.701. The van der Waals surface area contributed by atoms with Crippen molar-refractivity contribution in [3.05, 3.63) is 57.3 Å². The summed E-state index contributed by atoms with van der Waals surface area (Å²) in [6.07, 6.45) is 0.698. The number of hydrogen-bond acceptors (Lipinski definition) is 4. The Morgan fingerprint density at radius 3 is 2.50 bits per heavy atom. The average Bonchev–Trinajstić information content (AvgIpc) is 2.57. The van der Waals surface area contributed by atoms with Crippen molar-refractivity contribution in [3.63, 3.8) is 0 Å². The zero-order valence-corrected chi connectivity index (χ0v) is 13.2. The first-order chi connectivity index (χ1) is 11.3. The molecule has 124 valence electrons. The predicted octanol–water partition coefficient (Wildman–Crippen LogP) is 3.77. The van der Waals surface area contributed by atoms with Gasteiger partial charge >= 0.3 is 0 Å². The molecule has 0 bridgehead atoms. The molecule has 0 aliphatic heterocycles. The number of benzene rings is 2. The highest BCUT2D eigenvalue weighted by molar-refractivity contribution is 5.91. The van der Waals surface area contributed by atoms with Crippen LogP contribution in [-0.4, -0.2) is 0 Å². The van der Waals surface area contributed by atoms with Crippen molar-refractivity contribution in [3.8, 4) is 11.3 Å². The molecule has 0 saturated heterocycles. The van der Waals surface area contributed by atoms with E-state index in [-0.39, 0.29) is 22.3 Å². The van der Waals surface area contributed by atoms with Gasteiger partial charge in [0.1, 0.15) is 5.76 Å². The molecule has 0 fully saturated rings. The fourth-order valence-electron chi connectivity index (χ4n) is 2.69. The van der Waals surface area contributed by atoms with E-state index < -0.39 is 22.8 Å². The summed E-state index contributed by atoms with van der Waals surface area (Å²) >= 11 is 0. The lowest BCUT2D eigenvalue weighted by Crippen LogP contribution is -2.09. The molecule has 0 atom stereocenters. The number of aryl methyl sites for hydroxylation is 1. The zero-order valence-electron chi connectivity index (χ0n) is 13.2. The van der Waals surface area contributed by atoms with Gasteiger partial charge in [0, 0.05) is 22.9 Å². The highest BCUT2D eigenvalue weighted by Gasteiger charge is 2.20. The summed E-state index contributed by atoms with van der Waals surface area (Å²) < 4.78 is 33.8. The van der Waals surface area contributed by atoms with E-state index in [1.165, 1.54) is 13.0 Å². The first-order valence-corrected chi connectivity index (χ1v) is 7.44. The molecule has 1 aromatic heterocycles. The largest absolute Gasteiger partial charge is 0.453 e. The van der Waals surface area contributed by atoms with Gasteiger partial charge in [-0.2, -0.15) is 0 Å². The first kappa shape index (κ1) is 16.0. The number of nitrogen functional groups attached to an aromatic ring is 2. The molecule has 0 aliphatic carbocycles. The van der Waals surface area contributed by atoms with Crippen LogP contribution in [0, 0.1) is 18.6 Å². The molecule has 0 saturated carbocycles. The van der Waals surface area contributed by atoms with Gasteiger partial charge in [-0.1, -0.05) is 6.92 Å². The van der Waals surface area contributed by atoms with Crippen molar-refractivity contribution in [1.29, 1.82) is 0 Å². The smallest absolute Gasteiger partial charge is 0.195 e. The van der Waals surface area contributed by atoms with Crippen molar-refractivity contribution < 1.29 is 13.2 Å². The molecule has 0 spiro atoms. The molecule has 0 amide bonds. The number of fused-ring (bicyclic) bond motifs is 1. The van der Waals surface area contributed by atoms with Crippen LogP contribution in [0.2, 0.25) is 0 Å². The molecule has 0 unspecified atom stereocenters. The maximum absolute atomic E-state index is 14.4. The Kier molecular flexibility index (Phi) is 3.75. The maximum atomic E-state index is 14.4. The molecule has 6 heteroatoms. The molecule has 3 aromatic rings. The van der Waals surface area contributed by atoms with Crippen molar-refractivity contribution in [2.75, 3.05) is 11.5 Å². The minimum absolute atomic E-state index is 0.173. The SMILES string of the molecule is CCc1cc(-c2cc(=O)c3c(N)c(F)c(C)c(F)c3o2)ccc1N. The maximum Gasteiger partial charge on any atom is 0.195 e. The molecular weight excluding hydrogens is 314 g/mol. The highest BCUT2D eigenvalue weighted by Crippen LogP contribution is 2.32. The van der Waals surface area contributed by atoms with E-state index >= 15 is 0 Å². The van der Waals surface area contributed by atoms with Gasteiger partial charge in [0.15, 0.2) is 22.6 Å². The average molecular weight is 330 g/mol. The van der Waals surface area contributed by atoms with E-state index in [1.807, 2.05) is 6.92 Å². The van der Waals surface area contributed by atoms with Crippen molar-refractivity contribution >= 4 is 22.3 Å². The molecule has 0 radical (unpaired) electrons. The second-order valence-electron chi connectivity index (χ2n) is 5.61. The Balaban J connectivity index is 2.35. The number of rotatable bonds is 2. The molecule has 1 heterocycles. The zero-order chi connectivity index (χ0) is 17.6. The molecule has 24 heavy (non-hydrogen) atoms. The van der Waals surface area contributed by atoms with Crippen LogP contribution < -0.4 is 16.9 Å². The second-order valence-corrected chi connectivity index (χ2v) is 5.61. The van der Waals surface area contributed by atoms with Gasteiger partial charge in [-0.25, -0.2) is 8.78 Å². The second kappa shape index (κ2) is 5.63. The summed E-state index contributed by atoms with van der Waals surface area (Å²) in [5.74, 6) is -1.70. The first-order valence-electron chi connectivity index (χ1n) is 7.44. The van der Waals surface area contributed by atoms with E-state index in [4.69, 9.17) is 15.9 Å². The lowest BCUT2D eigenvalue weighted by molar-refractivity contribution is 0.537. The van der Waals surface area contributed by atoms with E-state index in [0.717, 1.165) is 5.56 Å². The summed E-state index contributed by atoms with van der Waals surface area (Å²) in [6.45, 7) is 3.18. The Morgan fingerprint density at radius 1 is 1.12 bits per heavy atom. The van der Waals surface area contributed by atoms with Crippen LogP contribution in [0.1, 0.15) is 18.1 Å². The monoisotopic (exact) mass is 330 g/mol. The van der Waals surface area contributed by atoms with Crippen LogP contribution in [-0.2, 0) is 6.42 Å². The van der Waals surface area contributed by atoms with Crippen LogP contribution in [0.15, 0.2) is 33.5 Å². The summed E-state index contributed by atoms with van der Waals surface area (Å²) in [5, 5.41) is -0.287. The number of hydrogen-bond donors (Lipinski definition) is 2. The Morgan fingerprint density at radius 2 is 1.83 bits per heavy atom. The summed E-state index contributed by atoms with van der Waals surface area (Å²) in [4.78, 5) is 12.3. The Hall–Kier alpha value is -2.89. The van der Waals surface area contributed by atoms with E-state index in [2.05, 4.69) is 0 Å². The lowest BCUT2D eigenvalue weighted by Gasteiger charge is -2.10. The van der Waals surface area contributed by atoms with Gasteiger partial charge in [0.2, 0.25) is 0 Å². The van der Waals surface area contributed by atoms with Gasteiger partial charge in [-0.15, -0.1) is 0 Å². The van der Waals surface area contributed by atoms with E-state index in [1.54, 1.807) is 18.2 Å². The molecule has 0 aliphatic rings. The summed E-state index contributed by atoms with van der Waals surface area (Å²) in [7, 11) is 0. The third-order valence-electron chi connectivity index (χ3n) is 4.12. The van der Waals surface area contributed by atoms with Crippen LogP contribution in [0.5, 0.6) is 0 Å². The fraction of sp³-hybridized carbons (Fsp3) is 0.167.